The molecule has 0 atom stereocenters. The first kappa shape index (κ1) is 17.9. The summed E-state index contributed by atoms with van der Waals surface area (Å²) < 4.78 is 11.5. The zero-order valence-electron chi connectivity index (χ0n) is 15.6. The van der Waals surface area contributed by atoms with Crippen LogP contribution in [0, 0.1) is 0 Å². The Balaban J connectivity index is 2.59. The summed E-state index contributed by atoms with van der Waals surface area (Å²) in [5, 5.41) is 1.60. The maximum atomic E-state index is 5.90. The topological polar surface area (TPSA) is 18.5 Å². The van der Waals surface area contributed by atoms with Crippen molar-refractivity contribution in [1.29, 1.82) is 0 Å². The highest BCUT2D eigenvalue weighted by atomic mass is 28.3. The lowest BCUT2D eigenvalue weighted by atomic mass is 10.0. The molecule has 0 amide bonds. The lowest BCUT2D eigenvalue weighted by Crippen LogP contribution is -2.50. The molecule has 0 unspecified atom stereocenters. The second-order valence-corrected chi connectivity index (χ2v) is 13.1. The molecular weight excluding hydrogens is 300 g/mol. The third-order valence-corrected chi connectivity index (χ3v) is 10.8. The van der Waals surface area contributed by atoms with Crippen LogP contribution in [0.2, 0.25) is 18.1 Å². The average Bonchev–Trinajstić information content (AvgIpc) is 2.98. The van der Waals surface area contributed by atoms with Gasteiger partial charge in [-0.25, -0.2) is 0 Å². The average molecular weight is 331 g/mol. The molecule has 0 saturated heterocycles. The molecule has 1 aliphatic carbocycles. The molecule has 0 fully saturated rings. The minimum atomic E-state index is -1.72. The molecule has 0 saturated carbocycles. The molecular formula is C20H30O2Si. The molecule has 0 radical (unpaired) electrons. The fraction of sp³-hybridized carbons (Fsp3) is 0.500. The number of hydrogen-bond donors (Lipinski definition) is 0. The quantitative estimate of drug-likeness (QED) is 0.719. The number of benzene rings is 1. The molecule has 2 rings (SSSR count). The maximum Gasteiger partial charge on any atom is 0.121 e. The summed E-state index contributed by atoms with van der Waals surface area (Å²) in [6.07, 6.45) is 8.64. The van der Waals surface area contributed by atoms with E-state index < -0.39 is 8.07 Å². The summed E-state index contributed by atoms with van der Waals surface area (Å²) >= 11 is 0. The van der Waals surface area contributed by atoms with Crippen molar-refractivity contribution in [2.45, 2.75) is 51.7 Å². The van der Waals surface area contributed by atoms with Crippen molar-refractivity contribution >= 4 is 13.3 Å². The number of methoxy groups -OCH3 is 2. The van der Waals surface area contributed by atoms with Gasteiger partial charge in [-0.05, 0) is 34.4 Å². The molecule has 1 aromatic carbocycles. The molecule has 0 N–H and O–H groups in total. The van der Waals surface area contributed by atoms with Gasteiger partial charge in [-0.2, -0.15) is 0 Å². The predicted molar refractivity (Wildman–Crippen MR) is 102 cm³/mol. The third-order valence-electron chi connectivity index (χ3n) is 5.37. The van der Waals surface area contributed by atoms with Crippen molar-refractivity contribution < 1.29 is 9.47 Å². The van der Waals surface area contributed by atoms with Crippen LogP contribution in [0.1, 0.15) is 32.8 Å². The van der Waals surface area contributed by atoms with Crippen LogP contribution < -0.4 is 14.7 Å². The van der Waals surface area contributed by atoms with Crippen LogP contribution in [-0.2, 0) is 6.42 Å². The SMILES string of the molecule is COc1cc(CC2=CCC=C2)c(OC)c([Si](C)(C)C(C)(C)C)c1. The molecule has 3 heteroatoms. The molecule has 23 heavy (non-hydrogen) atoms. The first-order valence-corrected chi connectivity index (χ1v) is 11.3. The van der Waals surface area contributed by atoms with Crippen LogP contribution in [0.5, 0.6) is 11.5 Å². The molecule has 0 spiro atoms. The van der Waals surface area contributed by atoms with Crippen molar-refractivity contribution in [1.82, 2.24) is 0 Å². The minimum absolute atomic E-state index is 0.246. The molecule has 2 nitrogen and oxygen atoms in total. The second kappa shape index (κ2) is 6.56. The molecule has 0 heterocycles. The monoisotopic (exact) mass is 330 g/mol. The predicted octanol–water partition coefficient (Wildman–Crippen LogP) is 4.85. The highest BCUT2D eigenvalue weighted by molar-refractivity contribution is 6.92. The van der Waals surface area contributed by atoms with Crippen LogP contribution in [0.4, 0.5) is 0 Å². The molecule has 0 aromatic heterocycles. The number of ether oxygens (including phenoxy) is 2. The Hall–Kier alpha value is -1.48. The zero-order valence-corrected chi connectivity index (χ0v) is 16.6. The Morgan fingerprint density at radius 1 is 1.09 bits per heavy atom. The van der Waals surface area contributed by atoms with Gasteiger partial charge in [0.05, 0.1) is 22.3 Å². The molecule has 0 aliphatic heterocycles. The van der Waals surface area contributed by atoms with E-state index in [0.29, 0.717) is 0 Å². The van der Waals surface area contributed by atoms with Gasteiger partial charge in [0.1, 0.15) is 11.5 Å². The van der Waals surface area contributed by atoms with E-state index in [1.807, 2.05) is 0 Å². The van der Waals surface area contributed by atoms with Gasteiger partial charge in [-0.15, -0.1) is 0 Å². The van der Waals surface area contributed by atoms with Crippen molar-refractivity contribution in [2.75, 3.05) is 14.2 Å². The highest BCUT2D eigenvalue weighted by Gasteiger charge is 2.39. The van der Waals surface area contributed by atoms with E-state index in [2.05, 4.69) is 64.2 Å². The maximum absolute atomic E-state index is 5.90. The first-order chi connectivity index (χ1) is 10.7. The molecule has 1 aliphatic rings. The van der Waals surface area contributed by atoms with Crippen LogP contribution in [0.25, 0.3) is 0 Å². The standard InChI is InChI=1S/C20H30O2Si/c1-20(2,3)23(6,7)18-14-17(21-4)13-16(19(18)22-5)12-15-10-8-9-11-15/h8,10-11,13-14H,9,12H2,1-7H3. The van der Waals surface area contributed by atoms with E-state index in [0.717, 1.165) is 24.3 Å². The Kier molecular flexibility index (Phi) is 5.09. The van der Waals surface area contributed by atoms with Gasteiger partial charge >= 0.3 is 0 Å². The van der Waals surface area contributed by atoms with Crippen molar-refractivity contribution in [3.8, 4) is 11.5 Å². The fourth-order valence-electron chi connectivity index (χ4n) is 2.88. The Labute approximate surface area is 142 Å². The van der Waals surface area contributed by atoms with Crippen LogP contribution in [-0.4, -0.2) is 22.3 Å². The Bertz CT molecular complexity index is 634. The van der Waals surface area contributed by atoms with Gasteiger partial charge in [0.25, 0.3) is 0 Å². The number of hydrogen-bond acceptors (Lipinski definition) is 2. The van der Waals surface area contributed by atoms with Crippen LogP contribution in [0.15, 0.2) is 35.9 Å². The van der Waals surface area contributed by atoms with E-state index >= 15 is 0 Å². The second-order valence-electron chi connectivity index (χ2n) is 7.84. The summed E-state index contributed by atoms with van der Waals surface area (Å²) in [5.74, 6) is 1.99. The fourth-order valence-corrected chi connectivity index (χ4v) is 5.02. The van der Waals surface area contributed by atoms with Crippen molar-refractivity contribution in [3.05, 3.63) is 41.5 Å². The Morgan fingerprint density at radius 2 is 1.78 bits per heavy atom. The van der Waals surface area contributed by atoms with Gasteiger partial charge in [0.15, 0.2) is 0 Å². The molecule has 126 valence electrons. The van der Waals surface area contributed by atoms with E-state index in [-0.39, 0.29) is 5.04 Å². The van der Waals surface area contributed by atoms with E-state index in [1.165, 1.54) is 16.3 Å². The lowest BCUT2D eigenvalue weighted by molar-refractivity contribution is 0.402. The normalized spacial score (nSPS) is 14.8. The summed E-state index contributed by atoms with van der Waals surface area (Å²) in [5.41, 5.74) is 2.59. The van der Waals surface area contributed by atoms with Crippen LogP contribution >= 0.6 is 0 Å². The first-order valence-electron chi connectivity index (χ1n) is 8.31. The number of rotatable bonds is 5. The zero-order chi connectivity index (χ0) is 17.3. The minimum Gasteiger partial charge on any atom is -0.497 e. The van der Waals surface area contributed by atoms with Gasteiger partial charge in [-0.3, -0.25) is 0 Å². The van der Waals surface area contributed by atoms with Gasteiger partial charge in [0.2, 0.25) is 0 Å². The van der Waals surface area contributed by atoms with Gasteiger partial charge in [-0.1, -0.05) is 52.1 Å². The highest BCUT2D eigenvalue weighted by Crippen LogP contribution is 2.39. The van der Waals surface area contributed by atoms with Gasteiger partial charge < -0.3 is 9.47 Å². The third kappa shape index (κ3) is 3.55. The molecule has 0 bridgehead atoms. The summed E-state index contributed by atoms with van der Waals surface area (Å²) in [6.45, 7) is 11.8. The van der Waals surface area contributed by atoms with E-state index in [9.17, 15) is 0 Å². The largest absolute Gasteiger partial charge is 0.497 e. The smallest absolute Gasteiger partial charge is 0.121 e. The van der Waals surface area contributed by atoms with E-state index in [1.54, 1.807) is 14.2 Å². The van der Waals surface area contributed by atoms with Crippen molar-refractivity contribution in [3.63, 3.8) is 0 Å². The van der Waals surface area contributed by atoms with Crippen LogP contribution in [0.3, 0.4) is 0 Å². The Morgan fingerprint density at radius 3 is 2.26 bits per heavy atom. The summed E-state index contributed by atoms with van der Waals surface area (Å²) in [7, 11) is 1.81. The lowest BCUT2D eigenvalue weighted by Gasteiger charge is -2.38. The summed E-state index contributed by atoms with van der Waals surface area (Å²) in [4.78, 5) is 0. The molecule has 1 aromatic rings. The summed E-state index contributed by atoms with van der Waals surface area (Å²) in [6, 6.07) is 4.32. The van der Waals surface area contributed by atoms with Gasteiger partial charge in [0, 0.05) is 12.0 Å². The van der Waals surface area contributed by atoms with Crippen molar-refractivity contribution in [2.24, 2.45) is 0 Å². The van der Waals surface area contributed by atoms with E-state index in [4.69, 9.17) is 9.47 Å². The number of allylic oxidation sites excluding steroid dienone is 4.